The van der Waals surface area contributed by atoms with Gasteiger partial charge in [-0.25, -0.2) is 0 Å². The summed E-state index contributed by atoms with van der Waals surface area (Å²) >= 11 is 0. The Balaban J connectivity index is 1.69. The summed E-state index contributed by atoms with van der Waals surface area (Å²) in [4.78, 5) is 31.0. The number of halogens is 3. The molecule has 0 spiro atoms. The number of carbonyl (C=O) groups excluding carboxylic acids is 2. The van der Waals surface area contributed by atoms with Crippen molar-refractivity contribution < 1.29 is 22.8 Å². The van der Waals surface area contributed by atoms with Gasteiger partial charge in [0.1, 0.15) is 0 Å². The molecule has 1 aliphatic rings. The number of rotatable bonds is 4. The van der Waals surface area contributed by atoms with Gasteiger partial charge in [-0.05, 0) is 54.8 Å². The van der Waals surface area contributed by atoms with Crippen LogP contribution in [-0.2, 0) is 6.18 Å². The second kappa shape index (κ2) is 9.05. The molecule has 8 heteroatoms. The topological polar surface area (TPSA) is 62.3 Å². The first-order valence-electron chi connectivity index (χ1n) is 10.5. The molecule has 2 amide bonds. The number of anilines is 1. The number of aryl methyl sites for hydroxylation is 1. The summed E-state index contributed by atoms with van der Waals surface area (Å²) in [6.45, 7) is 1.84. The smallest absolute Gasteiger partial charge is 0.338 e. The SMILES string of the molecule is Cc1ccc(NC(=O)c2ccccc2)c(C2CCN(C(=O)c3cccnc3)C2)c1C(F)(F)F. The number of pyridine rings is 1. The minimum Gasteiger partial charge on any atom is -0.338 e. The number of nitrogens with one attached hydrogen (secondary N) is 1. The van der Waals surface area contributed by atoms with Crippen LogP contribution < -0.4 is 5.32 Å². The third-order valence-corrected chi connectivity index (χ3v) is 5.81. The van der Waals surface area contributed by atoms with Crippen LogP contribution in [0.3, 0.4) is 0 Å². The number of carbonyl (C=O) groups is 2. The average molecular weight is 453 g/mol. The lowest BCUT2D eigenvalue weighted by atomic mass is 9.88. The lowest BCUT2D eigenvalue weighted by Gasteiger charge is -2.24. The van der Waals surface area contributed by atoms with Crippen LogP contribution >= 0.6 is 0 Å². The van der Waals surface area contributed by atoms with Gasteiger partial charge in [-0.15, -0.1) is 0 Å². The molecule has 0 aliphatic carbocycles. The lowest BCUT2D eigenvalue weighted by molar-refractivity contribution is -0.138. The van der Waals surface area contributed by atoms with Crippen LogP contribution in [0.4, 0.5) is 18.9 Å². The van der Waals surface area contributed by atoms with Crippen molar-refractivity contribution in [1.29, 1.82) is 0 Å². The van der Waals surface area contributed by atoms with Gasteiger partial charge in [0, 0.05) is 42.7 Å². The third-order valence-electron chi connectivity index (χ3n) is 5.81. The largest absolute Gasteiger partial charge is 0.417 e. The zero-order valence-electron chi connectivity index (χ0n) is 17.9. The van der Waals surface area contributed by atoms with Crippen LogP contribution in [0.1, 0.15) is 49.7 Å². The van der Waals surface area contributed by atoms with Crippen molar-refractivity contribution >= 4 is 17.5 Å². The first-order chi connectivity index (χ1) is 15.8. The van der Waals surface area contributed by atoms with E-state index in [0.717, 1.165) is 0 Å². The van der Waals surface area contributed by atoms with Crippen LogP contribution in [0.15, 0.2) is 67.0 Å². The number of hydrogen-bond acceptors (Lipinski definition) is 3. The van der Waals surface area contributed by atoms with Crippen LogP contribution in [-0.4, -0.2) is 34.8 Å². The Kier molecular flexibility index (Phi) is 6.18. The van der Waals surface area contributed by atoms with E-state index < -0.39 is 23.6 Å². The Bertz CT molecular complexity index is 1160. The summed E-state index contributed by atoms with van der Waals surface area (Å²) in [5, 5.41) is 2.67. The zero-order chi connectivity index (χ0) is 23.6. The van der Waals surface area contributed by atoms with E-state index in [0.29, 0.717) is 24.1 Å². The zero-order valence-corrected chi connectivity index (χ0v) is 17.9. The maximum atomic E-state index is 14.1. The van der Waals surface area contributed by atoms with E-state index in [4.69, 9.17) is 0 Å². The van der Waals surface area contributed by atoms with Crippen molar-refractivity contribution in [2.75, 3.05) is 18.4 Å². The number of likely N-dealkylation sites (tertiary alicyclic amines) is 1. The summed E-state index contributed by atoms with van der Waals surface area (Å²) in [7, 11) is 0. The summed E-state index contributed by atoms with van der Waals surface area (Å²) in [6.07, 6.45) is -1.26. The van der Waals surface area contributed by atoms with E-state index in [-0.39, 0.29) is 29.3 Å². The normalized spacial score (nSPS) is 16.0. The molecule has 1 fully saturated rings. The first-order valence-corrected chi connectivity index (χ1v) is 10.5. The van der Waals surface area contributed by atoms with Gasteiger partial charge >= 0.3 is 6.18 Å². The molecule has 0 bridgehead atoms. The number of nitrogens with zero attached hydrogens (tertiary/aromatic N) is 2. The first kappa shape index (κ1) is 22.5. The summed E-state index contributed by atoms with van der Waals surface area (Å²) in [5.74, 6) is -1.34. The second-order valence-electron chi connectivity index (χ2n) is 8.02. The van der Waals surface area contributed by atoms with Crippen molar-refractivity contribution in [1.82, 2.24) is 9.88 Å². The van der Waals surface area contributed by atoms with Gasteiger partial charge in [0.15, 0.2) is 0 Å². The molecule has 1 atom stereocenters. The lowest BCUT2D eigenvalue weighted by Crippen LogP contribution is -2.29. The fourth-order valence-corrected chi connectivity index (χ4v) is 4.27. The van der Waals surface area contributed by atoms with E-state index in [1.165, 1.54) is 30.2 Å². The van der Waals surface area contributed by atoms with E-state index in [2.05, 4.69) is 10.3 Å². The molecule has 1 N–H and O–H groups in total. The molecule has 1 saturated heterocycles. The number of alkyl halides is 3. The Morgan fingerprint density at radius 1 is 1.03 bits per heavy atom. The Labute approximate surface area is 189 Å². The standard InChI is InChI=1S/C25H22F3N3O2/c1-16-9-10-20(30-23(32)17-6-3-2-4-7-17)21(22(16)25(26,27)28)19-11-13-31(15-19)24(33)18-8-5-12-29-14-18/h2-10,12,14,19H,11,13,15H2,1H3,(H,30,32). The highest BCUT2D eigenvalue weighted by molar-refractivity contribution is 6.04. The molecule has 1 aromatic heterocycles. The molecule has 170 valence electrons. The van der Waals surface area contributed by atoms with Crippen molar-refractivity contribution in [3.63, 3.8) is 0 Å². The fraction of sp³-hybridized carbons (Fsp3) is 0.240. The minimum atomic E-state index is -4.60. The van der Waals surface area contributed by atoms with Crippen molar-refractivity contribution in [3.05, 3.63) is 94.8 Å². The van der Waals surface area contributed by atoms with Gasteiger partial charge in [-0.2, -0.15) is 13.2 Å². The van der Waals surface area contributed by atoms with Gasteiger partial charge in [0.2, 0.25) is 0 Å². The van der Waals surface area contributed by atoms with Crippen molar-refractivity contribution in [2.24, 2.45) is 0 Å². The maximum absolute atomic E-state index is 14.1. The molecular weight excluding hydrogens is 431 g/mol. The Morgan fingerprint density at radius 2 is 1.76 bits per heavy atom. The summed E-state index contributed by atoms with van der Waals surface area (Å²) < 4.78 is 42.4. The van der Waals surface area contributed by atoms with Gasteiger partial charge < -0.3 is 10.2 Å². The van der Waals surface area contributed by atoms with Gasteiger partial charge in [-0.3, -0.25) is 14.6 Å². The van der Waals surface area contributed by atoms with Crippen molar-refractivity contribution in [2.45, 2.75) is 25.4 Å². The molecule has 33 heavy (non-hydrogen) atoms. The molecular formula is C25H22F3N3O2. The highest BCUT2D eigenvalue weighted by Gasteiger charge is 2.40. The molecule has 0 saturated carbocycles. The van der Waals surface area contributed by atoms with E-state index in [1.54, 1.807) is 48.7 Å². The van der Waals surface area contributed by atoms with E-state index in [9.17, 15) is 22.8 Å². The third kappa shape index (κ3) is 4.74. The second-order valence-corrected chi connectivity index (χ2v) is 8.02. The number of amides is 2. The Morgan fingerprint density at radius 3 is 2.42 bits per heavy atom. The van der Waals surface area contributed by atoms with Gasteiger partial charge in [-0.1, -0.05) is 24.3 Å². The molecule has 4 rings (SSSR count). The number of benzene rings is 2. The molecule has 1 aliphatic heterocycles. The average Bonchev–Trinajstić information content (AvgIpc) is 3.29. The Hall–Kier alpha value is -3.68. The van der Waals surface area contributed by atoms with Crippen LogP contribution in [0.5, 0.6) is 0 Å². The molecule has 5 nitrogen and oxygen atoms in total. The molecule has 2 heterocycles. The molecule has 1 unspecified atom stereocenters. The van der Waals surface area contributed by atoms with Gasteiger partial charge in [0.05, 0.1) is 11.1 Å². The van der Waals surface area contributed by atoms with Crippen molar-refractivity contribution in [3.8, 4) is 0 Å². The summed E-state index contributed by atoms with van der Waals surface area (Å²) in [6, 6.07) is 14.4. The van der Waals surface area contributed by atoms with Gasteiger partial charge in [0.25, 0.3) is 11.8 Å². The van der Waals surface area contributed by atoms with Crippen LogP contribution in [0.25, 0.3) is 0 Å². The van der Waals surface area contributed by atoms with Crippen LogP contribution in [0, 0.1) is 6.92 Å². The summed E-state index contributed by atoms with van der Waals surface area (Å²) in [5.41, 5.74) is 0.186. The maximum Gasteiger partial charge on any atom is 0.417 e. The van der Waals surface area contributed by atoms with Crippen LogP contribution in [0.2, 0.25) is 0 Å². The molecule has 3 aromatic rings. The monoisotopic (exact) mass is 453 g/mol. The fourth-order valence-electron chi connectivity index (χ4n) is 4.27. The van der Waals surface area contributed by atoms with E-state index in [1.807, 2.05) is 0 Å². The number of hydrogen-bond donors (Lipinski definition) is 1. The molecule has 0 radical (unpaired) electrons. The predicted molar refractivity (Wildman–Crippen MR) is 118 cm³/mol. The highest BCUT2D eigenvalue weighted by Crippen LogP contribution is 2.44. The predicted octanol–water partition coefficient (Wildman–Crippen LogP) is 5.29. The highest BCUT2D eigenvalue weighted by atomic mass is 19.4. The minimum absolute atomic E-state index is 0.0215. The molecule has 2 aromatic carbocycles. The van der Waals surface area contributed by atoms with E-state index >= 15 is 0 Å². The quantitative estimate of drug-likeness (QED) is 0.584. The number of aromatic nitrogens is 1.